The van der Waals surface area contributed by atoms with Crippen molar-refractivity contribution in [3.8, 4) is 5.75 Å². The molecule has 1 N–H and O–H groups in total. The van der Waals surface area contributed by atoms with Crippen LogP contribution in [0.3, 0.4) is 0 Å². The van der Waals surface area contributed by atoms with E-state index >= 15 is 0 Å². The average molecular weight is 288 g/mol. The van der Waals surface area contributed by atoms with Gasteiger partial charge in [0.15, 0.2) is 0 Å². The molecule has 1 saturated heterocycles. The maximum atomic E-state index is 12.9. The SMILES string of the molecule is CC(O)C1CCN(CCOc2ccc(F)cc2Cl)C1. The minimum absolute atomic E-state index is 0.252. The zero-order chi connectivity index (χ0) is 13.8. The standard InChI is InChI=1S/C14H19ClFNO2/c1-10(18)11-4-5-17(9-11)6-7-19-14-3-2-12(16)8-13(14)15/h2-3,8,10-11,18H,4-7,9H2,1H3. The highest BCUT2D eigenvalue weighted by Crippen LogP contribution is 2.25. The molecule has 1 aromatic rings. The number of nitrogens with zero attached hydrogens (tertiary/aromatic N) is 1. The van der Waals surface area contributed by atoms with Gasteiger partial charge >= 0.3 is 0 Å². The van der Waals surface area contributed by atoms with Crippen LogP contribution in [0.5, 0.6) is 5.75 Å². The monoisotopic (exact) mass is 287 g/mol. The van der Waals surface area contributed by atoms with Gasteiger partial charge in [0.25, 0.3) is 0 Å². The number of aliphatic hydroxyl groups is 1. The van der Waals surface area contributed by atoms with E-state index in [0.717, 1.165) is 26.1 Å². The highest BCUT2D eigenvalue weighted by atomic mass is 35.5. The molecule has 1 aliphatic heterocycles. The molecule has 0 radical (unpaired) electrons. The molecule has 0 bridgehead atoms. The number of aliphatic hydroxyl groups excluding tert-OH is 1. The molecule has 2 atom stereocenters. The van der Waals surface area contributed by atoms with Crippen LogP contribution in [0.2, 0.25) is 5.02 Å². The van der Waals surface area contributed by atoms with E-state index in [0.29, 0.717) is 23.3 Å². The van der Waals surface area contributed by atoms with Crippen molar-refractivity contribution in [2.75, 3.05) is 26.2 Å². The normalized spacial score (nSPS) is 21.6. The number of hydrogen-bond donors (Lipinski definition) is 1. The number of rotatable bonds is 5. The summed E-state index contributed by atoms with van der Waals surface area (Å²) in [4.78, 5) is 2.26. The lowest BCUT2D eigenvalue weighted by atomic mass is 10.0. The zero-order valence-electron chi connectivity index (χ0n) is 11.0. The van der Waals surface area contributed by atoms with E-state index < -0.39 is 0 Å². The van der Waals surface area contributed by atoms with Crippen LogP contribution in [0, 0.1) is 11.7 Å². The summed E-state index contributed by atoms with van der Waals surface area (Å²) in [5, 5.41) is 9.82. The predicted molar refractivity (Wildman–Crippen MR) is 73.1 cm³/mol. The van der Waals surface area contributed by atoms with Crippen LogP contribution in [0.1, 0.15) is 13.3 Å². The van der Waals surface area contributed by atoms with Crippen LogP contribution in [0.15, 0.2) is 18.2 Å². The first kappa shape index (κ1) is 14.6. The fourth-order valence-corrected chi connectivity index (χ4v) is 2.56. The van der Waals surface area contributed by atoms with Crippen molar-refractivity contribution in [3.05, 3.63) is 29.0 Å². The lowest BCUT2D eigenvalue weighted by Gasteiger charge is -2.17. The second-order valence-electron chi connectivity index (χ2n) is 5.01. The Kier molecular flexibility index (Phi) is 5.02. The second-order valence-corrected chi connectivity index (χ2v) is 5.42. The Hall–Kier alpha value is -0.840. The Morgan fingerprint density at radius 1 is 1.58 bits per heavy atom. The molecule has 5 heteroatoms. The van der Waals surface area contributed by atoms with Crippen molar-refractivity contribution in [1.82, 2.24) is 4.90 Å². The summed E-state index contributed by atoms with van der Waals surface area (Å²) in [5.41, 5.74) is 0. The fourth-order valence-electron chi connectivity index (χ4n) is 2.34. The minimum Gasteiger partial charge on any atom is -0.491 e. The van der Waals surface area contributed by atoms with Crippen LogP contribution in [0.4, 0.5) is 4.39 Å². The summed E-state index contributed by atoms with van der Waals surface area (Å²) in [6, 6.07) is 4.12. The molecule has 2 rings (SSSR count). The van der Waals surface area contributed by atoms with E-state index in [9.17, 15) is 9.50 Å². The minimum atomic E-state index is -0.364. The predicted octanol–water partition coefficient (Wildman–Crippen LogP) is 2.56. The first-order valence-corrected chi connectivity index (χ1v) is 6.92. The molecule has 0 amide bonds. The molecule has 2 unspecified atom stereocenters. The Morgan fingerprint density at radius 3 is 3.00 bits per heavy atom. The summed E-state index contributed by atoms with van der Waals surface area (Å²) >= 11 is 5.88. The molecule has 0 aromatic heterocycles. The van der Waals surface area contributed by atoms with Crippen molar-refractivity contribution in [2.45, 2.75) is 19.4 Å². The number of hydrogen-bond acceptors (Lipinski definition) is 3. The molecule has 1 fully saturated rings. The number of halogens is 2. The van der Waals surface area contributed by atoms with Crippen LogP contribution in [-0.2, 0) is 0 Å². The van der Waals surface area contributed by atoms with Crippen molar-refractivity contribution < 1.29 is 14.2 Å². The molecular formula is C14H19ClFNO2. The molecule has 1 heterocycles. The van der Waals surface area contributed by atoms with E-state index in [4.69, 9.17) is 16.3 Å². The van der Waals surface area contributed by atoms with Crippen molar-refractivity contribution >= 4 is 11.6 Å². The van der Waals surface area contributed by atoms with E-state index in [2.05, 4.69) is 4.90 Å². The first-order valence-electron chi connectivity index (χ1n) is 6.54. The maximum absolute atomic E-state index is 12.9. The van der Waals surface area contributed by atoms with Gasteiger partial charge < -0.3 is 9.84 Å². The Bertz CT molecular complexity index is 428. The Labute approximate surface area is 117 Å². The first-order chi connectivity index (χ1) is 9.06. The van der Waals surface area contributed by atoms with Gasteiger partial charge in [-0.25, -0.2) is 4.39 Å². The maximum Gasteiger partial charge on any atom is 0.138 e. The molecule has 0 aliphatic carbocycles. The Balaban J connectivity index is 1.75. The van der Waals surface area contributed by atoms with E-state index in [1.807, 2.05) is 6.92 Å². The van der Waals surface area contributed by atoms with Gasteiger partial charge in [0.2, 0.25) is 0 Å². The molecule has 1 aliphatic rings. The largest absolute Gasteiger partial charge is 0.491 e. The molecule has 19 heavy (non-hydrogen) atoms. The third-order valence-corrected chi connectivity index (χ3v) is 3.85. The number of likely N-dealkylation sites (tertiary alicyclic amines) is 1. The van der Waals surface area contributed by atoms with Gasteiger partial charge in [0.05, 0.1) is 11.1 Å². The molecule has 1 aromatic carbocycles. The van der Waals surface area contributed by atoms with Crippen LogP contribution >= 0.6 is 11.6 Å². The van der Waals surface area contributed by atoms with Gasteiger partial charge in [-0.2, -0.15) is 0 Å². The van der Waals surface area contributed by atoms with Gasteiger partial charge in [-0.15, -0.1) is 0 Å². The molecular weight excluding hydrogens is 269 g/mol. The topological polar surface area (TPSA) is 32.7 Å². The van der Waals surface area contributed by atoms with E-state index in [1.165, 1.54) is 12.1 Å². The Morgan fingerprint density at radius 2 is 2.37 bits per heavy atom. The molecule has 3 nitrogen and oxygen atoms in total. The van der Waals surface area contributed by atoms with Gasteiger partial charge in [-0.05, 0) is 44.0 Å². The molecule has 0 spiro atoms. The lowest BCUT2D eigenvalue weighted by Crippen LogP contribution is -2.28. The smallest absolute Gasteiger partial charge is 0.138 e. The van der Waals surface area contributed by atoms with Crippen LogP contribution < -0.4 is 4.74 Å². The van der Waals surface area contributed by atoms with Crippen LogP contribution in [0.25, 0.3) is 0 Å². The van der Waals surface area contributed by atoms with Gasteiger partial charge in [0.1, 0.15) is 18.2 Å². The fraction of sp³-hybridized carbons (Fsp3) is 0.571. The summed E-state index contributed by atoms with van der Waals surface area (Å²) < 4.78 is 18.4. The van der Waals surface area contributed by atoms with Crippen molar-refractivity contribution in [1.29, 1.82) is 0 Å². The highest BCUT2D eigenvalue weighted by Gasteiger charge is 2.25. The van der Waals surface area contributed by atoms with E-state index in [-0.39, 0.29) is 11.9 Å². The van der Waals surface area contributed by atoms with E-state index in [1.54, 1.807) is 6.07 Å². The van der Waals surface area contributed by atoms with Gasteiger partial charge in [-0.1, -0.05) is 11.6 Å². The lowest BCUT2D eigenvalue weighted by molar-refractivity contribution is 0.125. The summed E-state index contributed by atoms with van der Waals surface area (Å²) in [5.74, 6) is 0.500. The molecule has 106 valence electrons. The molecule has 0 saturated carbocycles. The number of ether oxygens (including phenoxy) is 1. The zero-order valence-corrected chi connectivity index (χ0v) is 11.7. The summed E-state index contributed by atoms with van der Waals surface area (Å²) in [7, 11) is 0. The second kappa shape index (κ2) is 6.55. The average Bonchev–Trinajstić information content (AvgIpc) is 2.81. The third-order valence-electron chi connectivity index (χ3n) is 3.55. The van der Waals surface area contributed by atoms with Gasteiger partial charge in [-0.3, -0.25) is 4.90 Å². The van der Waals surface area contributed by atoms with Crippen molar-refractivity contribution in [2.24, 2.45) is 5.92 Å². The van der Waals surface area contributed by atoms with Crippen LogP contribution in [-0.4, -0.2) is 42.4 Å². The third kappa shape index (κ3) is 4.06. The quantitative estimate of drug-likeness (QED) is 0.903. The van der Waals surface area contributed by atoms with Gasteiger partial charge in [0, 0.05) is 13.1 Å². The summed E-state index contributed by atoms with van der Waals surface area (Å²) in [6.45, 7) is 5.02. The summed E-state index contributed by atoms with van der Waals surface area (Å²) in [6.07, 6.45) is 0.770. The highest BCUT2D eigenvalue weighted by molar-refractivity contribution is 6.32. The number of benzene rings is 1. The van der Waals surface area contributed by atoms with Crippen molar-refractivity contribution in [3.63, 3.8) is 0 Å².